The molecule has 0 unspecified atom stereocenters. The maximum Gasteiger partial charge on any atom is 0.404 e. The Kier molecular flexibility index (Phi) is 5.53. The number of hydrogen-bond acceptors (Lipinski definition) is 6. The van der Waals surface area contributed by atoms with Crippen LogP contribution in [0.2, 0.25) is 0 Å². The maximum absolute atomic E-state index is 12.8. The number of aromatic nitrogens is 3. The molecule has 0 bridgehead atoms. The minimum atomic E-state index is -4.70. The first-order valence-corrected chi connectivity index (χ1v) is 9.78. The van der Waals surface area contributed by atoms with E-state index in [4.69, 9.17) is 5.73 Å². The van der Waals surface area contributed by atoms with Gasteiger partial charge >= 0.3 is 6.18 Å². The van der Waals surface area contributed by atoms with E-state index in [9.17, 15) is 21.6 Å². The van der Waals surface area contributed by atoms with Crippen molar-refractivity contribution in [1.29, 1.82) is 0 Å². The second kappa shape index (κ2) is 7.76. The summed E-state index contributed by atoms with van der Waals surface area (Å²) in [5, 5.41) is 0. The number of pyridine rings is 1. The van der Waals surface area contributed by atoms with E-state index in [0.717, 1.165) is 6.92 Å². The predicted molar refractivity (Wildman–Crippen MR) is 101 cm³/mol. The Morgan fingerprint density at radius 3 is 2.17 bits per heavy atom. The van der Waals surface area contributed by atoms with E-state index < -0.39 is 22.2 Å². The largest absolute Gasteiger partial charge is 0.404 e. The zero-order valence-corrected chi connectivity index (χ0v) is 15.9. The first kappa shape index (κ1) is 20.7. The van der Waals surface area contributed by atoms with Gasteiger partial charge in [0.25, 0.3) is 0 Å². The minimum absolute atomic E-state index is 0.116. The number of nitrogens with two attached hydrogens (primary N) is 1. The van der Waals surface area contributed by atoms with Gasteiger partial charge in [-0.3, -0.25) is 4.98 Å². The number of halogens is 3. The van der Waals surface area contributed by atoms with Gasteiger partial charge in [-0.2, -0.15) is 17.9 Å². The van der Waals surface area contributed by atoms with Crippen molar-refractivity contribution in [1.82, 2.24) is 19.7 Å². The molecule has 0 fully saturated rings. The zero-order valence-electron chi connectivity index (χ0n) is 15.1. The fourth-order valence-electron chi connectivity index (χ4n) is 2.50. The van der Waals surface area contributed by atoms with Crippen molar-refractivity contribution in [2.45, 2.75) is 24.0 Å². The predicted octanol–water partition coefficient (Wildman–Crippen LogP) is 3.02. The van der Waals surface area contributed by atoms with Crippen LogP contribution < -0.4 is 10.5 Å². The lowest BCUT2D eigenvalue weighted by Gasteiger charge is -2.18. The van der Waals surface area contributed by atoms with Crippen LogP contribution in [0.5, 0.6) is 0 Å². The summed E-state index contributed by atoms with van der Waals surface area (Å²) in [5.41, 5.74) is 7.22. The molecule has 152 valence electrons. The minimum Gasteiger partial charge on any atom is -0.368 e. The number of hydrogen-bond donors (Lipinski definition) is 2. The second-order valence-electron chi connectivity index (χ2n) is 6.14. The highest BCUT2D eigenvalue weighted by atomic mass is 32.2. The van der Waals surface area contributed by atoms with Crippen LogP contribution in [0, 0.1) is 0 Å². The van der Waals surface area contributed by atoms with Crippen LogP contribution in [0.15, 0.2) is 59.9 Å². The van der Waals surface area contributed by atoms with Crippen LogP contribution in [0.4, 0.5) is 19.1 Å². The normalized spacial score (nSPS) is 13.2. The Hall–Kier alpha value is -3.05. The molecule has 0 amide bonds. The molecule has 7 nitrogen and oxygen atoms in total. The van der Waals surface area contributed by atoms with Gasteiger partial charge in [-0.25, -0.2) is 18.4 Å². The van der Waals surface area contributed by atoms with Crippen molar-refractivity contribution in [3.05, 3.63) is 55.0 Å². The van der Waals surface area contributed by atoms with Crippen LogP contribution in [-0.2, 0) is 10.0 Å². The molecule has 3 N–H and O–H groups in total. The number of nitrogens with zero attached hydrogens (tertiary/aromatic N) is 3. The standard InChI is InChI=1S/C18H16F3N5O2S/c1-11(18(19,20)21)26-29(27,28)16-5-3-2-4-14(16)12-6-7-15(23-8-12)13-9-24-17(22)25-10-13/h2-11,26H,1H3,(H2,22,24,25)/t11-/m1/s1. The third kappa shape index (κ3) is 4.69. The molecule has 0 aliphatic heterocycles. The van der Waals surface area contributed by atoms with Crippen LogP contribution >= 0.6 is 0 Å². The molecule has 29 heavy (non-hydrogen) atoms. The van der Waals surface area contributed by atoms with Crippen molar-refractivity contribution in [2.75, 3.05) is 5.73 Å². The Morgan fingerprint density at radius 1 is 0.966 bits per heavy atom. The van der Waals surface area contributed by atoms with Crippen molar-refractivity contribution < 1.29 is 21.6 Å². The van der Waals surface area contributed by atoms with Crippen LogP contribution in [-0.4, -0.2) is 35.6 Å². The average molecular weight is 423 g/mol. The summed E-state index contributed by atoms with van der Waals surface area (Å²) >= 11 is 0. The topological polar surface area (TPSA) is 111 Å². The van der Waals surface area contributed by atoms with Gasteiger partial charge in [-0.1, -0.05) is 24.3 Å². The third-order valence-electron chi connectivity index (χ3n) is 4.04. The van der Waals surface area contributed by atoms with E-state index in [1.807, 2.05) is 0 Å². The number of sulfonamides is 1. The first-order valence-electron chi connectivity index (χ1n) is 8.30. The molecule has 0 saturated carbocycles. The Morgan fingerprint density at radius 2 is 1.59 bits per heavy atom. The number of nitrogens with one attached hydrogen (secondary N) is 1. The summed E-state index contributed by atoms with van der Waals surface area (Å²) in [6.07, 6.45) is -0.296. The van der Waals surface area contributed by atoms with Gasteiger partial charge < -0.3 is 5.73 Å². The Labute approximate surface area is 164 Å². The summed E-state index contributed by atoms with van der Waals surface area (Å²) in [6, 6.07) is 6.76. The number of anilines is 1. The molecule has 0 radical (unpaired) electrons. The highest BCUT2D eigenvalue weighted by molar-refractivity contribution is 7.89. The molecule has 0 saturated heterocycles. The van der Waals surface area contributed by atoms with Gasteiger partial charge in [0, 0.05) is 35.3 Å². The van der Waals surface area contributed by atoms with E-state index in [0.29, 0.717) is 16.8 Å². The van der Waals surface area contributed by atoms with E-state index >= 15 is 0 Å². The molecule has 0 aliphatic rings. The van der Waals surface area contributed by atoms with Crippen LogP contribution in [0.1, 0.15) is 6.92 Å². The average Bonchev–Trinajstić information content (AvgIpc) is 2.68. The van der Waals surface area contributed by atoms with Gasteiger partial charge in [0.2, 0.25) is 16.0 Å². The number of rotatable bonds is 5. The zero-order chi connectivity index (χ0) is 21.2. The summed E-state index contributed by atoms with van der Waals surface area (Å²) in [5.74, 6) is 0.116. The summed E-state index contributed by atoms with van der Waals surface area (Å²) in [7, 11) is -4.42. The molecule has 3 aromatic rings. The highest BCUT2D eigenvalue weighted by Crippen LogP contribution is 2.29. The maximum atomic E-state index is 12.8. The van der Waals surface area contributed by atoms with Gasteiger partial charge in [0.05, 0.1) is 10.6 Å². The second-order valence-corrected chi connectivity index (χ2v) is 7.83. The molecule has 0 aliphatic carbocycles. The molecule has 0 spiro atoms. The van der Waals surface area contributed by atoms with E-state index in [1.165, 1.54) is 36.8 Å². The Balaban J connectivity index is 1.95. The molecular formula is C18H16F3N5O2S. The molecule has 2 heterocycles. The Bertz CT molecular complexity index is 1100. The first-order chi connectivity index (χ1) is 13.6. The highest BCUT2D eigenvalue weighted by Gasteiger charge is 2.39. The third-order valence-corrected chi connectivity index (χ3v) is 5.64. The fourth-order valence-corrected chi connectivity index (χ4v) is 3.96. The van der Waals surface area contributed by atoms with Gasteiger partial charge in [0.1, 0.15) is 6.04 Å². The molecule has 11 heteroatoms. The molecule has 1 atom stereocenters. The lowest BCUT2D eigenvalue weighted by Crippen LogP contribution is -2.43. The quantitative estimate of drug-likeness (QED) is 0.653. The fraction of sp³-hybridized carbons (Fsp3) is 0.167. The summed E-state index contributed by atoms with van der Waals surface area (Å²) in [4.78, 5) is 11.7. The van der Waals surface area contributed by atoms with Gasteiger partial charge in [0.15, 0.2) is 0 Å². The SMILES string of the molecule is C[C@@H](NS(=O)(=O)c1ccccc1-c1ccc(-c2cnc(N)nc2)nc1)C(F)(F)F. The monoisotopic (exact) mass is 423 g/mol. The molecule has 1 aromatic carbocycles. The molecule has 2 aromatic heterocycles. The molecular weight excluding hydrogens is 407 g/mol. The van der Waals surface area contributed by atoms with Gasteiger partial charge in [-0.05, 0) is 19.1 Å². The van der Waals surface area contributed by atoms with Crippen molar-refractivity contribution in [2.24, 2.45) is 0 Å². The van der Waals surface area contributed by atoms with Crippen molar-refractivity contribution >= 4 is 16.0 Å². The summed E-state index contributed by atoms with van der Waals surface area (Å²) in [6.45, 7) is 0.741. The summed E-state index contributed by atoms with van der Waals surface area (Å²) < 4.78 is 65.1. The van der Waals surface area contributed by atoms with Crippen LogP contribution in [0.25, 0.3) is 22.4 Å². The van der Waals surface area contributed by atoms with Gasteiger partial charge in [-0.15, -0.1) is 0 Å². The lowest BCUT2D eigenvalue weighted by atomic mass is 10.1. The van der Waals surface area contributed by atoms with Crippen LogP contribution in [0.3, 0.4) is 0 Å². The number of alkyl halides is 3. The molecule has 3 rings (SSSR count). The van der Waals surface area contributed by atoms with E-state index in [2.05, 4.69) is 15.0 Å². The lowest BCUT2D eigenvalue weighted by molar-refractivity contribution is -0.147. The number of nitrogen functional groups attached to an aromatic ring is 1. The van der Waals surface area contributed by atoms with E-state index in [-0.39, 0.29) is 16.4 Å². The van der Waals surface area contributed by atoms with Crippen molar-refractivity contribution in [3.8, 4) is 22.4 Å². The number of benzene rings is 1. The van der Waals surface area contributed by atoms with Crippen molar-refractivity contribution in [3.63, 3.8) is 0 Å². The van der Waals surface area contributed by atoms with E-state index in [1.54, 1.807) is 22.9 Å². The smallest absolute Gasteiger partial charge is 0.368 e.